The van der Waals surface area contributed by atoms with Crippen molar-refractivity contribution in [3.63, 3.8) is 0 Å². The van der Waals surface area contributed by atoms with Crippen molar-refractivity contribution in [2.24, 2.45) is 5.73 Å². The van der Waals surface area contributed by atoms with Crippen LogP contribution in [0.1, 0.15) is 11.7 Å². The molecule has 0 saturated carbocycles. The lowest BCUT2D eigenvalue weighted by Gasteiger charge is -2.32. The molecule has 0 bridgehead atoms. The minimum Gasteiger partial charge on any atom is -0.370 e. The number of nitrogens with zero attached hydrogens (tertiary/aromatic N) is 1. The van der Waals surface area contributed by atoms with E-state index in [2.05, 4.69) is 0 Å². The maximum absolute atomic E-state index is 11.9. The number of nitrogens with two attached hydrogens (primary N) is 1. The van der Waals surface area contributed by atoms with Crippen molar-refractivity contribution in [3.05, 3.63) is 48.0 Å². The summed E-state index contributed by atoms with van der Waals surface area (Å²) in [6, 6.07) is 9.98. The van der Waals surface area contributed by atoms with E-state index >= 15 is 0 Å². The Morgan fingerprint density at radius 2 is 2.22 bits per heavy atom. The highest BCUT2D eigenvalue weighted by molar-refractivity contribution is 5.87. The molecule has 0 radical (unpaired) electrons. The van der Waals surface area contributed by atoms with Crippen LogP contribution in [0.5, 0.6) is 0 Å². The highest BCUT2D eigenvalue weighted by Gasteiger charge is 2.23. The van der Waals surface area contributed by atoms with Crippen molar-refractivity contribution in [1.29, 1.82) is 0 Å². The first-order chi connectivity index (χ1) is 8.81. The topological polar surface area (TPSA) is 55.6 Å². The second kappa shape index (κ2) is 6.33. The molecule has 1 amide bonds. The van der Waals surface area contributed by atoms with Crippen LogP contribution in [0.2, 0.25) is 0 Å². The Balaban J connectivity index is 2.01. The fraction of sp³-hybridized carbons (Fsp3) is 0.357. The molecule has 0 aromatic heterocycles. The van der Waals surface area contributed by atoms with Gasteiger partial charge >= 0.3 is 0 Å². The molecule has 1 atom stereocenters. The predicted octanol–water partition coefficient (Wildman–Crippen LogP) is 1.10. The molecule has 1 aromatic rings. The number of carbonyl (C=O) groups excluding carboxylic acids is 1. The summed E-state index contributed by atoms with van der Waals surface area (Å²) in [4.78, 5) is 13.7. The molecule has 96 valence electrons. The maximum Gasteiger partial charge on any atom is 0.246 e. The van der Waals surface area contributed by atoms with Crippen molar-refractivity contribution in [2.45, 2.75) is 6.10 Å². The van der Waals surface area contributed by atoms with E-state index in [0.29, 0.717) is 26.2 Å². The van der Waals surface area contributed by atoms with Gasteiger partial charge in [-0.05, 0) is 5.56 Å². The molecule has 4 heteroatoms. The highest BCUT2D eigenvalue weighted by Crippen LogP contribution is 2.21. The fourth-order valence-corrected chi connectivity index (χ4v) is 1.99. The summed E-state index contributed by atoms with van der Waals surface area (Å²) in [5, 5.41) is 0. The normalized spacial score (nSPS) is 20.3. The van der Waals surface area contributed by atoms with Crippen molar-refractivity contribution in [3.8, 4) is 0 Å². The molecule has 2 N–H and O–H groups in total. The van der Waals surface area contributed by atoms with Gasteiger partial charge in [-0.3, -0.25) is 4.79 Å². The number of hydrogen-bond acceptors (Lipinski definition) is 3. The van der Waals surface area contributed by atoms with Gasteiger partial charge in [-0.1, -0.05) is 36.4 Å². The van der Waals surface area contributed by atoms with E-state index in [0.717, 1.165) is 5.56 Å². The molecule has 0 aliphatic carbocycles. The lowest BCUT2D eigenvalue weighted by Crippen LogP contribution is -2.41. The van der Waals surface area contributed by atoms with Gasteiger partial charge in [0.1, 0.15) is 6.10 Å². The first-order valence-corrected chi connectivity index (χ1v) is 6.13. The third kappa shape index (κ3) is 3.18. The van der Waals surface area contributed by atoms with E-state index in [1.165, 1.54) is 6.08 Å². The molecule has 1 aromatic carbocycles. The summed E-state index contributed by atoms with van der Waals surface area (Å²) in [5.74, 6) is 0.00433. The molecule has 0 spiro atoms. The molecule has 1 aliphatic rings. The van der Waals surface area contributed by atoms with Gasteiger partial charge < -0.3 is 15.4 Å². The Labute approximate surface area is 107 Å². The number of rotatable bonds is 3. The lowest BCUT2D eigenvalue weighted by molar-refractivity contribution is -0.133. The second-order valence-corrected chi connectivity index (χ2v) is 4.19. The predicted molar refractivity (Wildman–Crippen MR) is 69.9 cm³/mol. The van der Waals surface area contributed by atoms with Gasteiger partial charge in [0.25, 0.3) is 0 Å². The zero-order valence-electron chi connectivity index (χ0n) is 10.3. The Bertz CT molecular complexity index is 417. The largest absolute Gasteiger partial charge is 0.370 e. The standard InChI is InChI=1S/C14H18N2O2/c15-8-4-7-14(17)16-9-10-18-13(11-16)12-5-2-1-3-6-12/h1-7,13H,8-11,15H2/b7-4+. The number of morpholine rings is 1. The van der Waals surface area contributed by atoms with E-state index in [9.17, 15) is 4.79 Å². The molecule has 18 heavy (non-hydrogen) atoms. The third-order valence-electron chi connectivity index (χ3n) is 2.95. The molecule has 4 nitrogen and oxygen atoms in total. The van der Waals surface area contributed by atoms with Gasteiger partial charge in [-0.15, -0.1) is 0 Å². The van der Waals surface area contributed by atoms with Gasteiger partial charge in [-0.2, -0.15) is 0 Å². The first kappa shape index (κ1) is 12.8. The fourth-order valence-electron chi connectivity index (χ4n) is 1.99. The zero-order chi connectivity index (χ0) is 12.8. The van der Waals surface area contributed by atoms with Crippen LogP contribution in [-0.4, -0.2) is 37.0 Å². The average molecular weight is 246 g/mol. The summed E-state index contributed by atoms with van der Waals surface area (Å²) < 4.78 is 5.71. The number of carbonyl (C=O) groups is 1. The lowest BCUT2D eigenvalue weighted by atomic mass is 10.1. The van der Waals surface area contributed by atoms with Gasteiger partial charge in [0.2, 0.25) is 5.91 Å². The molecule has 1 fully saturated rings. The number of amides is 1. The van der Waals surface area contributed by atoms with Gasteiger partial charge in [0.05, 0.1) is 13.2 Å². The summed E-state index contributed by atoms with van der Waals surface area (Å²) in [6.45, 7) is 2.19. The number of ether oxygens (including phenoxy) is 1. The van der Waals surface area contributed by atoms with Crippen LogP contribution in [0.15, 0.2) is 42.5 Å². The molecular weight excluding hydrogens is 228 g/mol. The Morgan fingerprint density at radius 1 is 1.44 bits per heavy atom. The summed E-state index contributed by atoms with van der Waals surface area (Å²) in [5.41, 5.74) is 6.45. The van der Waals surface area contributed by atoms with Crippen LogP contribution in [0.3, 0.4) is 0 Å². The minimum atomic E-state index is -0.0322. The van der Waals surface area contributed by atoms with Gasteiger partial charge in [-0.25, -0.2) is 0 Å². The van der Waals surface area contributed by atoms with Crippen LogP contribution in [-0.2, 0) is 9.53 Å². The van der Waals surface area contributed by atoms with Crippen molar-refractivity contribution < 1.29 is 9.53 Å². The Morgan fingerprint density at radius 3 is 2.94 bits per heavy atom. The van der Waals surface area contributed by atoms with Crippen LogP contribution >= 0.6 is 0 Å². The van der Waals surface area contributed by atoms with Crippen LogP contribution in [0, 0.1) is 0 Å². The number of hydrogen-bond donors (Lipinski definition) is 1. The minimum absolute atomic E-state index is 0.00433. The van der Waals surface area contributed by atoms with Crippen LogP contribution in [0.4, 0.5) is 0 Å². The molecular formula is C14H18N2O2. The molecule has 1 heterocycles. The maximum atomic E-state index is 11.9. The molecule has 1 unspecified atom stereocenters. The van der Waals surface area contributed by atoms with E-state index in [1.807, 2.05) is 30.3 Å². The number of benzene rings is 1. The Kier molecular flexibility index (Phi) is 4.50. The molecule has 1 aliphatic heterocycles. The third-order valence-corrected chi connectivity index (χ3v) is 2.95. The second-order valence-electron chi connectivity index (χ2n) is 4.19. The van der Waals surface area contributed by atoms with E-state index in [4.69, 9.17) is 10.5 Å². The van der Waals surface area contributed by atoms with Crippen LogP contribution < -0.4 is 5.73 Å². The summed E-state index contributed by atoms with van der Waals surface area (Å²) in [7, 11) is 0. The molecule has 2 rings (SSSR count). The van der Waals surface area contributed by atoms with Gasteiger partial charge in [0.15, 0.2) is 0 Å². The van der Waals surface area contributed by atoms with Crippen molar-refractivity contribution in [2.75, 3.05) is 26.2 Å². The Hall–Kier alpha value is -1.65. The zero-order valence-corrected chi connectivity index (χ0v) is 10.3. The van der Waals surface area contributed by atoms with Crippen molar-refractivity contribution >= 4 is 5.91 Å². The highest BCUT2D eigenvalue weighted by atomic mass is 16.5. The van der Waals surface area contributed by atoms with E-state index in [1.54, 1.807) is 11.0 Å². The quantitative estimate of drug-likeness (QED) is 0.813. The summed E-state index contributed by atoms with van der Waals surface area (Å²) in [6.07, 6.45) is 3.18. The monoisotopic (exact) mass is 246 g/mol. The SMILES string of the molecule is NC/C=C/C(=O)N1CCOC(c2ccccc2)C1. The van der Waals surface area contributed by atoms with Gasteiger partial charge in [0, 0.05) is 19.2 Å². The van der Waals surface area contributed by atoms with E-state index < -0.39 is 0 Å². The first-order valence-electron chi connectivity index (χ1n) is 6.13. The smallest absolute Gasteiger partial charge is 0.246 e. The molecule has 1 saturated heterocycles. The van der Waals surface area contributed by atoms with Crippen molar-refractivity contribution in [1.82, 2.24) is 4.90 Å². The van der Waals surface area contributed by atoms with Crippen LogP contribution in [0.25, 0.3) is 0 Å². The van der Waals surface area contributed by atoms with E-state index in [-0.39, 0.29) is 12.0 Å². The average Bonchev–Trinajstić information content (AvgIpc) is 2.46. The summed E-state index contributed by atoms with van der Waals surface area (Å²) >= 11 is 0.